The Morgan fingerprint density at radius 3 is 2.61 bits per heavy atom. The minimum absolute atomic E-state index is 0.526. The summed E-state index contributed by atoms with van der Waals surface area (Å²) in [6.45, 7) is 4.27. The largest absolute Gasteiger partial charge is 0.497 e. The highest BCUT2D eigenvalue weighted by atomic mass is 79.9. The third-order valence-corrected chi connectivity index (χ3v) is 5.31. The van der Waals surface area contributed by atoms with Crippen molar-refractivity contribution in [2.24, 2.45) is 10.1 Å². The van der Waals surface area contributed by atoms with Crippen molar-refractivity contribution in [3.8, 4) is 22.8 Å². The molecule has 3 aromatic rings. The standard InChI is InChI=1S/C21H20BrN3O2S/c1-4-11-23-21-25(19(14-28-21)15-5-7-17(22)8-6-15)24-13-16-12-18(26-2)9-10-20(16)27-3/h4-10,12-14H,1,11H2,2-3H3. The third-order valence-electron chi connectivity index (χ3n) is 3.93. The van der Waals surface area contributed by atoms with Crippen molar-refractivity contribution in [1.82, 2.24) is 4.68 Å². The van der Waals surface area contributed by atoms with Crippen molar-refractivity contribution < 1.29 is 9.47 Å². The van der Waals surface area contributed by atoms with Gasteiger partial charge in [-0.2, -0.15) is 5.10 Å². The van der Waals surface area contributed by atoms with E-state index < -0.39 is 0 Å². The second-order valence-electron chi connectivity index (χ2n) is 5.70. The number of thiazole rings is 1. The van der Waals surface area contributed by atoms with Crippen molar-refractivity contribution in [2.75, 3.05) is 20.8 Å². The van der Waals surface area contributed by atoms with Crippen LogP contribution in [0.2, 0.25) is 0 Å². The van der Waals surface area contributed by atoms with Crippen LogP contribution < -0.4 is 14.3 Å². The predicted octanol–water partition coefficient (Wildman–Crippen LogP) is 4.97. The van der Waals surface area contributed by atoms with Gasteiger partial charge in [0.1, 0.15) is 11.5 Å². The molecule has 0 spiro atoms. The maximum Gasteiger partial charge on any atom is 0.206 e. The van der Waals surface area contributed by atoms with Crippen molar-refractivity contribution in [1.29, 1.82) is 0 Å². The number of methoxy groups -OCH3 is 2. The maximum absolute atomic E-state index is 5.44. The topological polar surface area (TPSA) is 48.1 Å². The lowest BCUT2D eigenvalue weighted by atomic mass is 10.2. The molecule has 0 amide bonds. The monoisotopic (exact) mass is 457 g/mol. The normalized spacial score (nSPS) is 11.8. The van der Waals surface area contributed by atoms with E-state index in [1.807, 2.05) is 52.5 Å². The number of aromatic nitrogens is 1. The molecule has 1 heterocycles. The van der Waals surface area contributed by atoms with Gasteiger partial charge in [0.25, 0.3) is 0 Å². The molecule has 0 bridgehead atoms. The van der Waals surface area contributed by atoms with Gasteiger partial charge in [0.15, 0.2) is 0 Å². The fourth-order valence-corrected chi connectivity index (χ4v) is 3.65. The number of hydrogen-bond acceptors (Lipinski definition) is 5. The lowest BCUT2D eigenvalue weighted by molar-refractivity contribution is 0.402. The minimum Gasteiger partial charge on any atom is -0.497 e. The summed E-state index contributed by atoms with van der Waals surface area (Å²) >= 11 is 5.01. The summed E-state index contributed by atoms with van der Waals surface area (Å²) in [5.74, 6) is 1.46. The summed E-state index contributed by atoms with van der Waals surface area (Å²) in [6.07, 6.45) is 3.52. The number of rotatable bonds is 7. The van der Waals surface area contributed by atoms with Gasteiger partial charge in [-0.15, -0.1) is 17.9 Å². The molecule has 0 aliphatic heterocycles. The molecule has 0 unspecified atom stereocenters. The van der Waals surface area contributed by atoms with Crippen molar-refractivity contribution >= 4 is 33.5 Å². The van der Waals surface area contributed by atoms with Crippen LogP contribution in [-0.4, -0.2) is 31.7 Å². The molecule has 0 fully saturated rings. The minimum atomic E-state index is 0.526. The zero-order valence-electron chi connectivity index (χ0n) is 15.6. The zero-order chi connectivity index (χ0) is 19.9. The average molecular weight is 458 g/mol. The average Bonchev–Trinajstić information content (AvgIpc) is 3.13. The van der Waals surface area contributed by atoms with Gasteiger partial charge in [0.2, 0.25) is 4.80 Å². The smallest absolute Gasteiger partial charge is 0.206 e. The molecule has 144 valence electrons. The summed E-state index contributed by atoms with van der Waals surface area (Å²) in [4.78, 5) is 5.35. The zero-order valence-corrected chi connectivity index (χ0v) is 18.0. The summed E-state index contributed by atoms with van der Waals surface area (Å²) < 4.78 is 13.6. The van der Waals surface area contributed by atoms with Crippen LogP contribution in [0.3, 0.4) is 0 Å². The predicted molar refractivity (Wildman–Crippen MR) is 119 cm³/mol. The quantitative estimate of drug-likeness (QED) is 0.371. The van der Waals surface area contributed by atoms with E-state index in [2.05, 4.69) is 27.5 Å². The molecule has 0 N–H and O–H groups in total. The van der Waals surface area contributed by atoms with Crippen LogP contribution in [0.4, 0.5) is 0 Å². The lowest BCUT2D eigenvalue weighted by Gasteiger charge is -2.07. The lowest BCUT2D eigenvalue weighted by Crippen LogP contribution is -2.12. The number of hydrogen-bond donors (Lipinski definition) is 0. The Morgan fingerprint density at radius 1 is 1.14 bits per heavy atom. The van der Waals surface area contributed by atoms with E-state index in [-0.39, 0.29) is 0 Å². The highest BCUT2D eigenvalue weighted by Crippen LogP contribution is 2.24. The molecule has 2 aromatic carbocycles. The maximum atomic E-state index is 5.44. The molecule has 1 aromatic heterocycles. The van der Waals surface area contributed by atoms with E-state index in [1.54, 1.807) is 26.5 Å². The van der Waals surface area contributed by atoms with Crippen LogP contribution in [0.5, 0.6) is 11.5 Å². The third kappa shape index (κ3) is 4.61. The first-order valence-corrected chi connectivity index (χ1v) is 10.2. The van der Waals surface area contributed by atoms with E-state index in [0.29, 0.717) is 6.54 Å². The second kappa shape index (κ2) is 9.52. The van der Waals surface area contributed by atoms with Gasteiger partial charge in [0, 0.05) is 21.0 Å². The SMILES string of the molecule is C=CCN=c1scc(-c2ccc(Br)cc2)n1N=Cc1cc(OC)ccc1OC. The van der Waals surface area contributed by atoms with E-state index >= 15 is 0 Å². The summed E-state index contributed by atoms with van der Waals surface area (Å²) in [5.41, 5.74) is 2.82. The summed E-state index contributed by atoms with van der Waals surface area (Å²) in [5, 5.41) is 6.75. The number of nitrogens with zero attached hydrogens (tertiary/aromatic N) is 3. The van der Waals surface area contributed by atoms with Gasteiger partial charge in [-0.1, -0.05) is 34.1 Å². The van der Waals surface area contributed by atoms with Gasteiger partial charge in [0.05, 0.1) is 32.7 Å². The Hall–Kier alpha value is -2.64. The van der Waals surface area contributed by atoms with Gasteiger partial charge in [-0.3, -0.25) is 4.99 Å². The van der Waals surface area contributed by atoms with Crippen LogP contribution in [-0.2, 0) is 0 Å². The first-order chi connectivity index (χ1) is 13.7. The molecule has 0 saturated carbocycles. The molecule has 0 aliphatic carbocycles. The Kier molecular flexibility index (Phi) is 6.84. The Bertz CT molecular complexity index is 1050. The van der Waals surface area contributed by atoms with Crippen LogP contribution in [0.15, 0.2) is 75.1 Å². The highest BCUT2D eigenvalue weighted by Gasteiger charge is 2.08. The van der Waals surface area contributed by atoms with Crippen molar-refractivity contribution in [2.45, 2.75) is 0 Å². The van der Waals surface area contributed by atoms with Crippen LogP contribution in [0.25, 0.3) is 11.3 Å². The van der Waals surface area contributed by atoms with Crippen LogP contribution in [0.1, 0.15) is 5.56 Å². The Labute approximate surface area is 176 Å². The molecule has 0 atom stereocenters. The fourth-order valence-electron chi connectivity index (χ4n) is 2.54. The number of halogens is 1. The summed E-state index contributed by atoms with van der Waals surface area (Å²) in [6, 6.07) is 13.7. The molecular weight excluding hydrogens is 438 g/mol. The molecule has 0 aliphatic rings. The molecule has 7 heteroatoms. The molecule has 3 rings (SSSR count). The Morgan fingerprint density at radius 2 is 1.93 bits per heavy atom. The van der Waals surface area contributed by atoms with Crippen molar-refractivity contribution in [3.05, 3.63) is 75.3 Å². The van der Waals surface area contributed by atoms with Crippen molar-refractivity contribution in [3.63, 3.8) is 0 Å². The molecule has 5 nitrogen and oxygen atoms in total. The van der Waals surface area contributed by atoms with Crippen LogP contribution >= 0.6 is 27.3 Å². The van der Waals surface area contributed by atoms with Gasteiger partial charge in [-0.05, 0) is 30.3 Å². The van der Waals surface area contributed by atoms with Gasteiger partial charge < -0.3 is 9.47 Å². The molecule has 0 saturated heterocycles. The second-order valence-corrected chi connectivity index (χ2v) is 7.46. The molecule has 0 radical (unpaired) electrons. The van der Waals surface area contributed by atoms with E-state index in [4.69, 9.17) is 14.6 Å². The van der Waals surface area contributed by atoms with E-state index in [1.165, 1.54) is 11.3 Å². The summed E-state index contributed by atoms with van der Waals surface area (Å²) in [7, 11) is 3.27. The van der Waals surface area contributed by atoms with Gasteiger partial charge in [-0.25, -0.2) is 4.68 Å². The molecular formula is C21H20BrN3O2S. The van der Waals surface area contributed by atoms with E-state index in [9.17, 15) is 0 Å². The highest BCUT2D eigenvalue weighted by molar-refractivity contribution is 9.10. The first-order valence-electron chi connectivity index (χ1n) is 8.50. The van der Waals surface area contributed by atoms with E-state index in [0.717, 1.165) is 37.6 Å². The number of ether oxygens (including phenoxy) is 2. The molecule has 28 heavy (non-hydrogen) atoms. The van der Waals surface area contributed by atoms with Crippen LogP contribution in [0, 0.1) is 0 Å². The Balaban J connectivity index is 2.09. The fraction of sp³-hybridized carbons (Fsp3) is 0.143. The van der Waals surface area contributed by atoms with Gasteiger partial charge >= 0.3 is 0 Å². The number of benzene rings is 2. The first kappa shape index (κ1) is 20.1.